The van der Waals surface area contributed by atoms with Gasteiger partial charge in [-0.25, -0.2) is 13.1 Å². The molecule has 0 unspecified atom stereocenters. The maximum absolute atomic E-state index is 12.4. The third kappa shape index (κ3) is 5.81. The van der Waals surface area contributed by atoms with Crippen molar-refractivity contribution in [3.63, 3.8) is 0 Å². The minimum Gasteiger partial charge on any atom is -0.494 e. The van der Waals surface area contributed by atoms with E-state index >= 15 is 0 Å². The molecule has 0 atom stereocenters. The summed E-state index contributed by atoms with van der Waals surface area (Å²) in [5.74, 6) is 0.536. The first-order valence-corrected chi connectivity index (χ1v) is 11.1. The van der Waals surface area contributed by atoms with Crippen molar-refractivity contribution in [1.29, 1.82) is 0 Å². The minimum absolute atomic E-state index is 0.0506. The number of carbonyl (C=O) groups is 1. The van der Waals surface area contributed by atoms with E-state index in [4.69, 9.17) is 4.74 Å². The lowest BCUT2D eigenvalue weighted by Gasteiger charge is -2.09. The van der Waals surface area contributed by atoms with E-state index in [0.29, 0.717) is 18.7 Å². The molecule has 0 spiro atoms. The number of unbranched alkanes of at least 4 members (excludes halogenated alkanes) is 1. The predicted octanol–water partition coefficient (Wildman–Crippen LogP) is 3.24. The molecule has 0 bridgehead atoms. The van der Waals surface area contributed by atoms with Gasteiger partial charge in [0.1, 0.15) is 5.75 Å². The normalized spacial score (nSPS) is 13.9. The van der Waals surface area contributed by atoms with Crippen LogP contribution in [0, 0.1) is 0 Å². The van der Waals surface area contributed by atoms with Crippen LogP contribution in [-0.4, -0.2) is 27.0 Å². The van der Waals surface area contributed by atoms with Gasteiger partial charge in [0.25, 0.3) is 5.91 Å². The van der Waals surface area contributed by atoms with Crippen molar-refractivity contribution in [3.8, 4) is 5.75 Å². The van der Waals surface area contributed by atoms with E-state index in [9.17, 15) is 13.2 Å². The Morgan fingerprint density at radius 2 is 1.89 bits per heavy atom. The van der Waals surface area contributed by atoms with Crippen LogP contribution in [0.4, 0.5) is 0 Å². The quantitative estimate of drug-likeness (QED) is 0.598. The van der Waals surface area contributed by atoms with E-state index in [0.717, 1.165) is 37.0 Å². The summed E-state index contributed by atoms with van der Waals surface area (Å²) in [5.41, 5.74) is 1.36. The third-order valence-electron chi connectivity index (χ3n) is 4.44. The van der Waals surface area contributed by atoms with E-state index in [-0.39, 0.29) is 16.8 Å². The summed E-state index contributed by atoms with van der Waals surface area (Å²) in [5, 5.41) is 2.85. The molecule has 150 valence electrons. The van der Waals surface area contributed by atoms with Gasteiger partial charge in [-0.2, -0.15) is 0 Å². The lowest BCUT2D eigenvalue weighted by molar-refractivity contribution is 0.0950. The van der Waals surface area contributed by atoms with Gasteiger partial charge in [0.2, 0.25) is 10.0 Å². The van der Waals surface area contributed by atoms with Gasteiger partial charge in [0.05, 0.1) is 11.5 Å². The van der Waals surface area contributed by atoms with Crippen LogP contribution in [0.25, 0.3) is 0 Å². The van der Waals surface area contributed by atoms with Crippen LogP contribution in [-0.2, 0) is 16.6 Å². The van der Waals surface area contributed by atoms with Crippen LogP contribution in [0.2, 0.25) is 0 Å². The molecule has 0 aliphatic heterocycles. The first-order chi connectivity index (χ1) is 13.5. The number of sulfonamides is 1. The fraction of sp³-hybridized carbons (Fsp3) is 0.381. The molecule has 1 saturated carbocycles. The molecule has 28 heavy (non-hydrogen) atoms. The van der Waals surface area contributed by atoms with E-state index in [1.807, 2.05) is 24.3 Å². The largest absolute Gasteiger partial charge is 0.494 e. The van der Waals surface area contributed by atoms with Crippen LogP contribution >= 0.6 is 0 Å². The van der Waals surface area contributed by atoms with Crippen LogP contribution in [0.15, 0.2) is 53.4 Å². The first kappa shape index (κ1) is 20.4. The molecule has 2 aromatic carbocycles. The lowest BCUT2D eigenvalue weighted by atomic mass is 10.2. The lowest BCUT2D eigenvalue weighted by Crippen LogP contribution is -2.26. The van der Waals surface area contributed by atoms with Crippen molar-refractivity contribution in [1.82, 2.24) is 10.0 Å². The van der Waals surface area contributed by atoms with Crippen molar-refractivity contribution < 1.29 is 17.9 Å². The summed E-state index contributed by atoms with van der Waals surface area (Å²) in [6.45, 7) is 3.16. The number of amides is 1. The Labute approximate surface area is 166 Å². The highest BCUT2D eigenvalue weighted by molar-refractivity contribution is 7.89. The standard InChI is InChI=1S/C21H26N2O4S/c1-2-3-13-27-19-6-4-5-16(14-19)15-22-21(24)17-7-11-20(12-8-17)28(25,26)23-18-9-10-18/h4-8,11-12,14,18,23H,2-3,9-10,13,15H2,1H3,(H,22,24). The second-order valence-corrected chi connectivity index (χ2v) is 8.67. The summed E-state index contributed by atoms with van der Waals surface area (Å²) in [7, 11) is -3.50. The molecule has 0 radical (unpaired) electrons. The molecular weight excluding hydrogens is 376 g/mol. The topological polar surface area (TPSA) is 84.5 Å². The highest BCUT2D eigenvalue weighted by Crippen LogP contribution is 2.22. The summed E-state index contributed by atoms with van der Waals surface area (Å²) >= 11 is 0. The average molecular weight is 403 g/mol. The molecule has 3 rings (SSSR count). The number of ether oxygens (including phenoxy) is 1. The van der Waals surface area contributed by atoms with E-state index in [1.54, 1.807) is 0 Å². The Morgan fingerprint density at radius 3 is 2.57 bits per heavy atom. The Morgan fingerprint density at radius 1 is 1.14 bits per heavy atom. The number of nitrogens with one attached hydrogen (secondary N) is 2. The summed E-state index contributed by atoms with van der Waals surface area (Å²) in [4.78, 5) is 12.5. The van der Waals surface area contributed by atoms with Gasteiger partial charge in [0.15, 0.2) is 0 Å². The molecule has 1 aliphatic rings. The van der Waals surface area contributed by atoms with E-state index in [1.165, 1.54) is 24.3 Å². The Bertz CT molecular complexity index is 906. The Kier molecular flexibility index (Phi) is 6.70. The Hall–Kier alpha value is -2.38. The average Bonchev–Trinajstić information content (AvgIpc) is 3.50. The maximum Gasteiger partial charge on any atom is 0.251 e. The Balaban J connectivity index is 1.55. The zero-order valence-electron chi connectivity index (χ0n) is 16.0. The third-order valence-corrected chi connectivity index (χ3v) is 5.98. The zero-order chi connectivity index (χ0) is 20.0. The number of carbonyl (C=O) groups excluding carboxylic acids is 1. The summed E-state index contributed by atoms with van der Waals surface area (Å²) < 4.78 is 32.7. The van der Waals surface area contributed by atoms with Crippen LogP contribution < -0.4 is 14.8 Å². The molecule has 6 nitrogen and oxygen atoms in total. The van der Waals surface area contributed by atoms with E-state index in [2.05, 4.69) is 17.0 Å². The number of benzene rings is 2. The van der Waals surface area contributed by atoms with Gasteiger partial charge in [-0.3, -0.25) is 4.79 Å². The SMILES string of the molecule is CCCCOc1cccc(CNC(=O)c2ccc(S(=O)(=O)NC3CC3)cc2)c1. The maximum atomic E-state index is 12.4. The molecule has 0 saturated heterocycles. The van der Waals surface area contributed by atoms with Gasteiger partial charge in [0, 0.05) is 18.2 Å². The fourth-order valence-corrected chi connectivity index (χ4v) is 3.94. The number of rotatable bonds is 10. The molecule has 7 heteroatoms. The fourth-order valence-electron chi connectivity index (χ4n) is 2.64. The monoisotopic (exact) mass is 402 g/mol. The van der Waals surface area contributed by atoms with Crippen LogP contribution in [0.1, 0.15) is 48.5 Å². The number of hydrogen-bond acceptors (Lipinski definition) is 4. The van der Waals surface area contributed by atoms with Crippen molar-refractivity contribution in [3.05, 3.63) is 59.7 Å². The molecule has 1 fully saturated rings. The van der Waals surface area contributed by atoms with Crippen molar-refractivity contribution >= 4 is 15.9 Å². The van der Waals surface area contributed by atoms with Crippen LogP contribution in [0.5, 0.6) is 5.75 Å². The molecule has 2 N–H and O–H groups in total. The van der Waals surface area contributed by atoms with Crippen LogP contribution in [0.3, 0.4) is 0 Å². The van der Waals surface area contributed by atoms with Gasteiger partial charge in [-0.1, -0.05) is 25.5 Å². The van der Waals surface area contributed by atoms with E-state index < -0.39 is 10.0 Å². The van der Waals surface area contributed by atoms with Crippen molar-refractivity contribution in [2.45, 2.75) is 50.1 Å². The predicted molar refractivity (Wildman–Crippen MR) is 108 cm³/mol. The van der Waals surface area contributed by atoms with Crippen molar-refractivity contribution in [2.75, 3.05) is 6.61 Å². The molecule has 0 aromatic heterocycles. The van der Waals surface area contributed by atoms with Crippen molar-refractivity contribution in [2.24, 2.45) is 0 Å². The molecule has 2 aromatic rings. The van der Waals surface area contributed by atoms with Gasteiger partial charge in [-0.15, -0.1) is 0 Å². The van der Waals surface area contributed by atoms with Gasteiger partial charge >= 0.3 is 0 Å². The summed E-state index contributed by atoms with van der Waals surface area (Å²) in [6, 6.07) is 13.7. The smallest absolute Gasteiger partial charge is 0.251 e. The molecule has 1 amide bonds. The number of hydrogen-bond donors (Lipinski definition) is 2. The molecular formula is C21H26N2O4S. The van der Waals surface area contributed by atoms with Gasteiger partial charge < -0.3 is 10.1 Å². The van der Waals surface area contributed by atoms with Gasteiger partial charge in [-0.05, 0) is 61.2 Å². The second kappa shape index (κ2) is 9.21. The summed E-state index contributed by atoms with van der Waals surface area (Å²) in [6.07, 6.45) is 3.84. The second-order valence-electron chi connectivity index (χ2n) is 6.95. The highest BCUT2D eigenvalue weighted by Gasteiger charge is 2.27. The molecule has 1 aliphatic carbocycles. The highest BCUT2D eigenvalue weighted by atomic mass is 32.2. The minimum atomic E-state index is -3.50. The first-order valence-electron chi connectivity index (χ1n) is 9.60. The zero-order valence-corrected chi connectivity index (χ0v) is 16.8. The molecule has 0 heterocycles.